The van der Waals surface area contributed by atoms with Gasteiger partial charge in [0.2, 0.25) is 0 Å². The number of likely N-dealkylation sites (N-methyl/N-ethyl adjacent to an activating group) is 1. The molecule has 2 rings (SSSR count). The molecule has 1 aliphatic rings. The van der Waals surface area contributed by atoms with Gasteiger partial charge in [0.25, 0.3) is 0 Å². The van der Waals surface area contributed by atoms with E-state index in [1.54, 1.807) is 12.1 Å². The Balaban J connectivity index is 2.05. The summed E-state index contributed by atoms with van der Waals surface area (Å²) < 4.78 is 32.6. The lowest BCUT2D eigenvalue weighted by atomic mass is 10.1. The van der Waals surface area contributed by atoms with Gasteiger partial charge in [-0.2, -0.15) is 8.42 Å². The van der Waals surface area contributed by atoms with Crippen LogP contribution in [0.3, 0.4) is 0 Å². The Kier molecular flexibility index (Phi) is 4.44. The van der Waals surface area contributed by atoms with Gasteiger partial charge in [-0.3, -0.25) is 4.90 Å². The topological polar surface area (TPSA) is 55.8 Å². The molecule has 0 saturated carbocycles. The number of hydrogen-bond acceptors (Lipinski definition) is 5. The lowest BCUT2D eigenvalue weighted by Gasteiger charge is -2.32. The molecule has 0 N–H and O–H groups in total. The lowest BCUT2D eigenvalue weighted by Crippen LogP contribution is -2.38. The fourth-order valence-corrected chi connectivity index (χ4v) is 2.56. The van der Waals surface area contributed by atoms with Crippen LogP contribution >= 0.6 is 0 Å². The Morgan fingerprint density at radius 2 is 2.05 bits per heavy atom. The van der Waals surface area contributed by atoms with Gasteiger partial charge >= 0.3 is 10.1 Å². The first-order chi connectivity index (χ1) is 8.98. The lowest BCUT2D eigenvalue weighted by molar-refractivity contribution is -0.0281. The molecule has 19 heavy (non-hydrogen) atoms. The summed E-state index contributed by atoms with van der Waals surface area (Å²) in [7, 11) is -3.47. The van der Waals surface area contributed by atoms with Gasteiger partial charge in [0, 0.05) is 13.1 Å². The number of rotatable bonds is 4. The predicted molar refractivity (Wildman–Crippen MR) is 72.7 cm³/mol. The summed E-state index contributed by atoms with van der Waals surface area (Å²) in [6, 6.07) is 7.02. The number of morpholine rings is 1. The molecular weight excluding hydrogens is 266 g/mol. The van der Waals surface area contributed by atoms with E-state index in [0.717, 1.165) is 38.1 Å². The zero-order valence-electron chi connectivity index (χ0n) is 11.2. The molecule has 6 heteroatoms. The van der Waals surface area contributed by atoms with Gasteiger partial charge in [-0.05, 0) is 24.2 Å². The standard InChI is InChI=1S/C13H19NO4S/c1-3-14-8-9-17-13(10-14)11-4-6-12(7-5-11)18-19(2,15)16/h4-7,13H,3,8-10H2,1-2H3/t13-/m0/s1. The first kappa shape index (κ1) is 14.3. The monoisotopic (exact) mass is 285 g/mol. The summed E-state index contributed by atoms with van der Waals surface area (Å²) in [6.07, 6.45) is 1.07. The predicted octanol–water partition coefficient (Wildman–Crippen LogP) is 1.42. The molecular formula is C13H19NO4S. The van der Waals surface area contributed by atoms with Crippen LogP contribution in [-0.4, -0.2) is 45.8 Å². The quantitative estimate of drug-likeness (QED) is 0.783. The fourth-order valence-electron chi connectivity index (χ4n) is 2.10. The third kappa shape index (κ3) is 4.19. The minimum Gasteiger partial charge on any atom is -0.383 e. The maximum atomic E-state index is 11.0. The molecule has 1 aromatic carbocycles. The van der Waals surface area contributed by atoms with Gasteiger partial charge in [-0.1, -0.05) is 19.1 Å². The second kappa shape index (κ2) is 5.90. The smallest absolute Gasteiger partial charge is 0.306 e. The van der Waals surface area contributed by atoms with Crippen LogP contribution in [0.5, 0.6) is 5.75 Å². The molecule has 0 bridgehead atoms. The molecule has 1 saturated heterocycles. The van der Waals surface area contributed by atoms with Gasteiger partial charge in [0.15, 0.2) is 0 Å². The third-order valence-corrected chi connectivity index (χ3v) is 3.59. The molecule has 0 unspecified atom stereocenters. The molecule has 106 valence electrons. The Morgan fingerprint density at radius 1 is 1.37 bits per heavy atom. The molecule has 1 fully saturated rings. The van der Waals surface area contributed by atoms with Crippen LogP contribution in [0.2, 0.25) is 0 Å². The zero-order chi connectivity index (χ0) is 13.9. The fraction of sp³-hybridized carbons (Fsp3) is 0.538. The number of hydrogen-bond donors (Lipinski definition) is 0. The highest BCUT2D eigenvalue weighted by Gasteiger charge is 2.20. The molecule has 1 aromatic rings. The molecule has 1 aliphatic heterocycles. The van der Waals surface area contributed by atoms with E-state index in [0.29, 0.717) is 5.75 Å². The summed E-state index contributed by atoms with van der Waals surface area (Å²) >= 11 is 0. The van der Waals surface area contributed by atoms with E-state index >= 15 is 0 Å². The van der Waals surface area contributed by atoms with Crippen LogP contribution in [0.25, 0.3) is 0 Å². The molecule has 5 nitrogen and oxygen atoms in total. The van der Waals surface area contributed by atoms with E-state index in [-0.39, 0.29) is 6.10 Å². The van der Waals surface area contributed by atoms with E-state index in [1.165, 1.54) is 0 Å². The van der Waals surface area contributed by atoms with Crippen LogP contribution in [0.4, 0.5) is 0 Å². The van der Waals surface area contributed by atoms with Crippen molar-refractivity contribution in [3.8, 4) is 5.75 Å². The molecule has 0 radical (unpaired) electrons. The van der Waals surface area contributed by atoms with E-state index in [4.69, 9.17) is 8.92 Å². The maximum Gasteiger partial charge on any atom is 0.306 e. The summed E-state index contributed by atoms with van der Waals surface area (Å²) in [5.41, 5.74) is 1.04. The highest BCUT2D eigenvalue weighted by atomic mass is 32.2. The SMILES string of the molecule is CCN1CCO[C@H](c2ccc(OS(C)(=O)=O)cc2)C1. The van der Waals surface area contributed by atoms with E-state index in [9.17, 15) is 8.42 Å². The van der Waals surface area contributed by atoms with Crippen LogP contribution in [-0.2, 0) is 14.9 Å². The third-order valence-electron chi connectivity index (χ3n) is 3.10. The van der Waals surface area contributed by atoms with Crippen molar-refractivity contribution < 1.29 is 17.3 Å². The first-order valence-corrected chi connectivity index (χ1v) is 8.13. The van der Waals surface area contributed by atoms with Gasteiger partial charge in [0.1, 0.15) is 5.75 Å². The normalized spacial score (nSPS) is 21.3. The van der Waals surface area contributed by atoms with Crippen molar-refractivity contribution in [3.05, 3.63) is 29.8 Å². The molecule has 0 amide bonds. The Hall–Kier alpha value is -1.11. The summed E-state index contributed by atoms with van der Waals surface area (Å²) in [5.74, 6) is 0.328. The van der Waals surface area contributed by atoms with Crippen LogP contribution in [0.1, 0.15) is 18.6 Å². The van der Waals surface area contributed by atoms with E-state index in [1.807, 2.05) is 12.1 Å². The largest absolute Gasteiger partial charge is 0.383 e. The van der Waals surface area contributed by atoms with Crippen molar-refractivity contribution in [2.24, 2.45) is 0 Å². The number of benzene rings is 1. The summed E-state index contributed by atoms with van der Waals surface area (Å²) in [4.78, 5) is 2.33. The summed E-state index contributed by atoms with van der Waals surface area (Å²) in [5, 5.41) is 0. The van der Waals surface area contributed by atoms with Crippen LogP contribution in [0, 0.1) is 0 Å². The average Bonchev–Trinajstić information content (AvgIpc) is 2.38. The minimum atomic E-state index is -3.47. The van der Waals surface area contributed by atoms with Crippen molar-refractivity contribution in [1.82, 2.24) is 4.90 Å². The summed E-state index contributed by atoms with van der Waals surface area (Å²) in [6.45, 7) is 5.69. The highest BCUT2D eigenvalue weighted by molar-refractivity contribution is 7.86. The van der Waals surface area contributed by atoms with Gasteiger partial charge in [-0.15, -0.1) is 0 Å². The zero-order valence-corrected chi connectivity index (χ0v) is 12.0. The maximum absolute atomic E-state index is 11.0. The van der Waals surface area contributed by atoms with Crippen molar-refractivity contribution >= 4 is 10.1 Å². The number of nitrogens with zero attached hydrogens (tertiary/aromatic N) is 1. The molecule has 0 aromatic heterocycles. The van der Waals surface area contributed by atoms with Crippen molar-refractivity contribution in [2.75, 3.05) is 32.5 Å². The van der Waals surface area contributed by atoms with E-state index < -0.39 is 10.1 Å². The molecule has 1 atom stereocenters. The molecule has 0 spiro atoms. The number of ether oxygens (including phenoxy) is 1. The minimum absolute atomic E-state index is 0.0426. The highest BCUT2D eigenvalue weighted by Crippen LogP contribution is 2.24. The van der Waals surface area contributed by atoms with Crippen LogP contribution < -0.4 is 4.18 Å². The Bertz CT molecular complexity index is 512. The van der Waals surface area contributed by atoms with Crippen molar-refractivity contribution in [1.29, 1.82) is 0 Å². The average molecular weight is 285 g/mol. The first-order valence-electron chi connectivity index (χ1n) is 6.31. The van der Waals surface area contributed by atoms with Crippen molar-refractivity contribution in [3.63, 3.8) is 0 Å². The Labute approximate surface area is 114 Å². The van der Waals surface area contributed by atoms with E-state index in [2.05, 4.69) is 11.8 Å². The molecule has 1 heterocycles. The van der Waals surface area contributed by atoms with Gasteiger partial charge in [-0.25, -0.2) is 0 Å². The second-order valence-electron chi connectivity index (χ2n) is 4.61. The Morgan fingerprint density at radius 3 is 2.63 bits per heavy atom. The van der Waals surface area contributed by atoms with Crippen molar-refractivity contribution in [2.45, 2.75) is 13.0 Å². The van der Waals surface area contributed by atoms with Crippen LogP contribution in [0.15, 0.2) is 24.3 Å². The van der Waals surface area contributed by atoms with Gasteiger partial charge < -0.3 is 8.92 Å². The van der Waals surface area contributed by atoms with Gasteiger partial charge in [0.05, 0.1) is 19.0 Å². The molecule has 0 aliphatic carbocycles. The second-order valence-corrected chi connectivity index (χ2v) is 6.18.